The molecule has 6 heteroatoms. The molecule has 0 aromatic heterocycles. The number of carbonyl (C=O) groups is 1. The number of hydrogen-bond acceptors (Lipinski definition) is 3. The zero-order valence-corrected chi connectivity index (χ0v) is 12.8. The van der Waals surface area contributed by atoms with Crippen molar-refractivity contribution in [3.63, 3.8) is 0 Å². The van der Waals surface area contributed by atoms with Gasteiger partial charge in [-0.1, -0.05) is 17.7 Å². The van der Waals surface area contributed by atoms with Crippen LogP contribution in [0.4, 0.5) is 5.69 Å². The Morgan fingerprint density at radius 1 is 1.20 bits per heavy atom. The van der Waals surface area contributed by atoms with Gasteiger partial charge in [-0.15, -0.1) is 12.4 Å². The summed E-state index contributed by atoms with van der Waals surface area (Å²) in [5.41, 5.74) is 6.54. The summed E-state index contributed by atoms with van der Waals surface area (Å²) in [6.45, 7) is 3.15. The maximum Gasteiger partial charge on any atom is 0.242 e. The lowest BCUT2D eigenvalue weighted by Gasteiger charge is -2.37. The first-order chi connectivity index (χ1) is 9.08. The molecule has 3 rings (SSSR count). The number of nitrogens with zero attached hydrogens (tertiary/aromatic N) is 2. The Labute approximate surface area is 130 Å². The molecule has 1 aromatic rings. The molecule has 0 unspecified atom stereocenters. The molecule has 0 spiro atoms. The largest absolute Gasteiger partial charge is 0.368 e. The number of rotatable bonds is 2. The summed E-state index contributed by atoms with van der Waals surface area (Å²) in [4.78, 5) is 16.3. The second-order valence-corrected chi connectivity index (χ2v) is 5.85. The van der Waals surface area contributed by atoms with E-state index in [1.807, 2.05) is 23.1 Å². The lowest BCUT2D eigenvalue weighted by atomic mass is 10.2. The highest BCUT2D eigenvalue weighted by Crippen LogP contribution is 2.34. The van der Waals surface area contributed by atoms with Crippen molar-refractivity contribution in [2.45, 2.75) is 18.4 Å². The summed E-state index contributed by atoms with van der Waals surface area (Å²) in [6.07, 6.45) is 1.67. The molecular formula is C14H19Cl2N3O. The first kappa shape index (κ1) is 15.4. The third-order valence-electron chi connectivity index (χ3n) is 3.95. The van der Waals surface area contributed by atoms with Crippen molar-refractivity contribution in [1.82, 2.24) is 4.90 Å². The molecule has 0 radical (unpaired) electrons. The van der Waals surface area contributed by atoms with Crippen LogP contribution >= 0.6 is 24.0 Å². The molecular weight excluding hydrogens is 297 g/mol. The molecule has 1 amide bonds. The predicted molar refractivity (Wildman–Crippen MR) is 83.6 cm³/mol. The molecule has 4 nitrogen and oxygen atoms in total. The molecule has 110 valence electrons. The van der Waals surface area contributed by atoms with Crippen molar-refractivity contribution in [2.24, 2.45) is 5.73 Å². The molecule has 0 atom stereocenters. The number of amides is 1. The van der Waals surface area contributed by atoms with Crippen LogP contribution in [0.15, 0.2) is 24.3 Å². The van der Waals surface area contributed by atoms with E-state index in [-0.39, 0.29) is 18.3 Å². The number of nitrogens with two attached hydrogens (primary N) is 1. The van der Waals surface area contributed by atoms with E-state index < -0.39 is 5.54 Å². The minimum atomic E-state index is -0.543. The highest BCUT2D eigenvalue weighted by Gasteiger charge is 2.48. The Morgan fingerprint density at radius 2 is 1.85 bits per heavy atom. The van der Waals surface area contributed by atoms with Crippen LogP contribution < -0.4 is 10.6 Å². The van der Waals surface area contributed by atoms with E-state index in [9.17, 15) is 4.79 Å². The fourth-order valence-electron chi connectivity index (χ4n) is 2.50. The number of carbonyl (C=O) groups excluding carboxylic acids is 1. The van der Waals surface area contributed by atoms with Crippen molar-refractivity contribution < 1.29 is 4.79 Å². The lowest BCUT2D eigenvalue weighted by molar-refractivity contribution is -0.133. The van der Waals surface area contributed by atoms with Crippen LogP contribution in [0.1, 0.15) is 12.8 Å². The topological polar surface area (TPSA) is 49.6 Å². The highest BCUT2D eigenvalue weighted by atomic mass is 35.5. The van der Waals surface area contributed by atoms with Crippen LogP contribution in [0.5, 0.6) is 0 Å². The summed E-state index contributed by atoms with van der Waals surface area (Å²) >= 11 is 6.00. The Morgan fingerprint density at radius 3 is 2.40 bits per heavy atom. The molecule has 1 aliphatic heterocycles. The van der Waals surface area contributed by atoms with Crippen LogP contribution in [0.25, 0.3) is 0 Å². The molecule has 2 aliphatic rings. The quantitative estimate of drug-likeness (QED) is 0.907. The average Bonchev–Trinajstić information content (AvgIpc) is 3.17. The zero-order chi connectivity index (χ0) is 13.5. The van der Waals surface area contributed by atoms with Crippen molar-refractivity contribution >= 4 is 35.6 Å². The molecule has 2 fully saturated rings. The molecule has 1 aromatic carbocycles. The molecule has 1 saturated heterocycles. The maximum atomic E-state index is 12.1. The summed E-state index contributed by atoms with van der Waals surface area (Å²) in [5, 5.41) is 0.745. The fraction of sp³-hybridized carbons (Fsp3) is 0.500. The van der Waals surface area contributed by atoms with Crippen molar-refractivity contribution in [3.8, 4) is 0 Å². The predicted octanol–water partition coefficient (Wildman–Crippen LogP) is 1.90. The summed E-state index contributed by atoms with van der Waals surface area (Å²) in [5.74, 6) is 0.123. The van der Waals surface area contributed by atoms with Gasteiger partial charge in [-0.3, -0.25) is 4.79 Å². The van der Waals surface area contributed by atoms with Gasteiger partial charge in [0.1, 0.15) is 0 Å². The van der Waals surface area contributed by atoms with E-state index in [0.717, 1.165) is 49.7 Å². The highest BCUT2D eigenvalue weighted by molar-refractivity contribution is 6.30. The summed E-state index contributed by atoms with van der Waals surface area (Å²) < 4.78 is 0. The second kappa shape index (κ2) is 5.80. The summed E-state index contributed by atoms with van der Waals surface area (Å²) in [7, 11) is 0. The maximum absolute atomic E-state index is 12.1. The van der Waals surface area contributed by atoms with E-state index in [1.54, 1.807) is 0 Å². The average molecular weight is 316 g/mol. The van der Waals surface area contributed by atoms with Gasteiger partial charge in [0, 0.05) is 36.9 Å². The van der Waals surface area contributed by atoms with E-state index in [4.69, 9.17) is 17.3 Å². The van der Waals surface area contributed by atoms with E-state index in [1.165, 1.54) is 0 Å². The summed E-state index contributed by atoms with van der Waals surface area (Å²) in [6, 6.07) is 7.84. The van der Waals surface area contributed by atoms with Crippen LogP contribution in [0.3, 0.4) is 0 Å². The minimum Gasteiger partial charge on any atom is -0.368 e. The monoisotopic (exact) mass is 315 g/mol. The van der Waals surface area contributed by atoms with Gasteiger partial charge in [-0.25, -0.2) is 0 Å². The molecule has 1 saturated carbocycles. The van der Waals surface area contributed by atoms with E-state index in [0.29, 0.717) is 0 Å². The van der Waals surface area contributed by atoms with E-state index >= 15 is 0 Å². The Hall–Kier alpha value is -0.970. The number of piperazine rings is 1. The minimum absolute atomic E-state index is 0. The first-order valence-corrected chi connectivity index (χ1v) is 7.05. The standard InChI is InChI=1S/C14H18ClN3O.ClH/c15-11-2-1-3-12(10-11)17-6-8-18(9-7-17)13(19)14(16)4-5-14;/h1-3,10H,4-9,16H2;1H. The van der Waals surface area contributed by atoms with Crippen LogP contribution in [0, 0.1) is 0 Å². The first-order valence-electron chi connectivity index (χ1n) is 6.67. The molecule has 1 aliphatic carbocycles. The van der Waals surface area contributed by atoms with Gasteiger partial charge < -0.3 is 15.5 Å². The Bertz CT molecular complexity index is 497. The SMILES string of the molecule is Cl.NC1(C(=O)N2CCN(c3cccc(Cl)c3)CC2)CC1. The van der Waals surface area contributed by atoms with Crippen molar-refractivity contribution in [2.75, 3.05) is 31.1 Å². The molecule has 0 bridgehead atoms. The number of halogens is 2. The van der Waals surface area contributed by atoms with E-state index in [2.05, 4.69) is 11.0 Å². The lowest BCUT2D eigenvalue weighted by Crippen LogP contribution is -2.54. The van der Waals surface area contributed by atoms with Crippen LogP contribution in [-0.4, -0.2) is 42.5 Å². The normalized spacial score (nSPS) is 20.3. The van der Waals surface area contributed by atoms with Gasteiger partial charge in [0.05, 0.1) is 5.54 Å². The third kappa shape index (κ3) is 3.03. The smallest absolute Gasteiger partial charge is 0.242 e. The third-order valence-corrected chi connectivity index (χ3v) is 4.19. The van der Waals surface area contributed by atoms with Gasteiger partial charge in [-0.2, -0.15) is 0 Å². The second-order valence-electron chi connectivity index (χ2n) is 5.42. The van der Waals surface area contributed by atoms with Gasteiger partial charge in [0.25, 0.3) is 0 Å². The number of benzene rings is 1. The molecule has 2 N–H and O–H groups in total. The Kier molecular flexibility index (Phi) is 4.47. The Balaban J connectivity index is 0.00000147. The van der Waals surface area contributed by atoms with Crippen molar-refractivity contribution in [3.05, 3.63) is 29.3 Å². The van der Waals surface area contributed by atoms with Gasteiger partial charge in [0.15, 0.2) is 0 Å². The van der Waals surface area contributed by atoms with Crippen molar-refractivity contribution in [1.29, 1.82) is 0 Å². The number of hydrogen-bond donors (Lipinski definition) is 1. The molecule has 1 heterocycles. The molecule has 20 heavy (non-hydrogen) atoms. The number of anilines is 1. The van der Waals surface area contributed by atoms with Gasteiger partial charge in [0.2, 0.25) is 5.91 Å². The van der Waals surface area contributed by atoms with Crippen LogP contribution in [0.2, 0.25) is 5.02 Å². The van der Waals surface area contributed by atoms with Crippen LogP contribution in [-0.2, 0) is 4.79 Å². The van der Waals surface area contributed by atoms with Gasteiger partial charge in [-0.05, 0) is 31.0 Å². The zero-order valence-electron chi connectivity index (χ0n) is 11.2. The van der Waals surface area contributed by atoms with Gasteiger partial charge >= 0.3 is 0 Å². The fourth-order valence-corrected chi connectivity index (χ4v) is 2.69.